The SMILES string of the molecule is CCn1ccc(-c2nc3c4ccsc4ncn3n2)n1. The van der Waals surface area contributed by atoms with Crippen molar-refractivity contribution in [2.75, 3.05) is 0 Å². The van der Waals surface area contributed by atoms with Crippen molar-refractivity contribution in [1.29, 1.82) is 0 Å². The van der Waals surface area contributed by atoms with Crippen molar-refractivity contribution >= 4 is 27.2 Å². The van der Waals surface area contributed by atoms with Crippen molar-refractivity contribution in [3.63, 3.8) is 0 Å². The van der Waals surface area contributed by atoms with Crippen molar-refractivity contribution in [3.05, 3.63) is 30.0 Å². The fourth-order valence-corrected chi connectivity index (χ4v) is 2.76. The number of fused-ring (bicyclic) bond motifs is 3. The zero-order valence-electron chi connectivity index (χ0n) is 10.2. The van der Waals surface area contributed by atoms with Gasteiger partial charge < -0.3 is 0 Å². The zero-order chi connectivity index (χ0) is 12.8. The number of thiophene rings is 1. The molecule has 4 heterocycles. The van der Waals surface area contributed by atoms with Crippen LogP contribution in [0.2, 0.25) is 0 Å². The van der Waals surface area contributed by atoms with Crippen LogP contribution in [-0.2, 0) is 6.54 Å². The molecule has 4 aromatic heterocycles. The highest BCUT2D eigenvalue weighted by Gasteiger charge is 2.12. The van der Waals surface area contributed by atoms with Gasteiger partial charge in [0.2, 0.25) is 5.82 Å². The lowest BCUT2D eigenvalue weighted by Gasteiger charge is -1.90. The summed E-state index contributed by atoms with van der Waals surface area (Å²) in [7, 11) is 0. The Morgan fingerprint density at radius 3 is 3.05 bits per heavy atom. The van der Waals surface area contributed by atoms with Crippen molar-refractivity contribution in [3.8, 4) is 11.5 Å². The third-order valence-corrected chi connectivity index (χ3v) is 3.82. The highest BCUT2D eigenvalue weighted by molar-refractivity contribution is 7.16. The van der Waals surface area contributed by atoms with Crippen molar-refractivity contribution < 1.29 is 0 Å². The van der Waals surface area contributed by atoms with Crippen LogP contribution in [0.3, 0.4) is 0 Å². The normalized spacial score (nSPS) is 11.6. The summed E-state index contributed by atoms with van der Waals surface area (Å²) in [6.07, 6.45) is 3.63. The van der Waals surface area contributed by atoms with Gasteiger partial charge in [-0.15, -0.1) is 16.4 Å². The summed E-state index contributed by atoms with van der Waals surface area (Å²) in [5.41, 5.74) is 1.61. The fourth-order valence-electron chi connectivity index (χ4n) is 2.03. The van der Waals surface area contributed by atoms with Gasteiger partial charge in [0.25, 0.3) is 0 Å². The first-order valence-electron chi connectivity index (χ1n) is 5.97. The molecule has 0 bridgehead atoms. The average Bonchev–Trinajstić information content (AvgIpc) is 3.15. The summed E-state index contributed by atoms with van der Waals surface area (Å²) in [5.74, 6) is 0.632. The molecule has 19 heavy (non-hydrogen) atoms. The first kappa shape index (κ1) is 10.6. The second-order valence-corrected chi connectivity index (χ2v) is 5.04. The average molecular weight is 270 g/mol. The summed E-state index contributed by atoms with van der Waals surface area (Å²) in [4.78, 5) is 9.90. The minimum atomic E-state index is 0.632. The topological polar surface area (TPSA) is 60.9 Å². The number of rotatable bonds is 2. The van der Waals surface area contributed by atoms with Crippen LogP contribution in [0.5, 0.6) is 0 Å². The van der Waals surface area contributed by atoms with E-state index in [1.54, 1.807) is 22.2 Å². The maximum absolute atomic E-state index is 4.57. The van der Waals surface area contributed by atoms with Crippen LogP contribution >= 0.6 is 11.3 Å². The molecule has 0 saturated carbocycles. The van der Waals surface area contributed by atoms with E-state index >= 15 is 0 Å². The predicted octanol–water partition coefficient (Wildman–Crippen LogP) is 2.22. The molecule has 0 spiro atoms. The van der Waals surface area contributed by atoms with Gasteiger partial charge in [0.1, 0.15) is 16.9 Å². The molecule has 4 aromatic rings. The van der Waals surface area contributed by atoms with Crippen LogP contribution in [0.4, 0.5) is 0 Å². The Morgan fingerprint density at radius 1 is 1.26 bits per heavy atom. The van der Waals surface area contributed by atoms with E-state index in [4.69, 9.17) is 0 Å². The van der Waals surface area contributed by atoms with Crippen LogP contribution in [0.1, 0.15) is 6.92 Å². The van der Waals surface area contributed by atoms with Gasteiger partial charge in [-0.2, -0.15) is 5.10 Å². The number of aryl methyl sites for hydroxylation is 1. The lowest BCUT2D eigenvalue weighted by molar-refractivity contribution is 0.661. The second kappa shape index (κ2) is 3.86. The van der Waals surface area contributed by atoms with E-state index < -0.39 is 0 Å². The summed E-state index contributed by atoms with van der Waals surface area (Å²) in [6.45, 7) is 2.89. The lowest BCUT2D eigenvalue weighted by Crippen LogP contribution is -1.94. The van der Waals surface area contributed by atoms with Crippen LogP contribution in [0, 0.1) is 0 Å². The first-order valence-corrected chi connectivity index (χ1v) is 6.85. The third-order valence-electron chi connectivity index (χ3n) is 3.00. The van der Waals surface area contributed by atoms with E-state index in [0.29, 0.717) is 5.82 Å². The summed E-state index contributed by atoms with van der Waals surface area (Å²) in [5, 5.41) is 11.9. The summed E-state index contributed by atoms with van der Waals surface area (Å²) < 4.78 is 3.56. The Bertz CT molecular complexity index is 871. The van der Waals surface area contributed by atoms with Crippen molar-refractivity contribution in [2.24, 2.45) is 0 Å². The molecule has 94 valence electrons. The Morgan fingerprint density at radius 2 is 2.21 bits per heavy atom. The predicted molar refractivity (Wildman–Crippen MR) is 73.1 cm³/mol. The van der Waals surface area contributed by atoms with Gasteiger partial charge in [0, 0.05) is 12.7 Å². The van der Waals surface area contributed by atoms with E-state index in [-0.39, 0.29) is 0 Å². The van der Waals surface area contributed by atoms with E-state index in [0.717, 1.165) is 28.1 Å². The van der Waals surface area contributed by atoms with Gasteiger partial charge in [-0.1, -0.05) is 0 Å². The molecule has 6 nitrogen and oxygen atoms in total. The molecule has 4 rings (SSSR count). The van der Waals surface area contributed by atoms with E-state index in [1.807, 2.05) is 35.3 Å². The molecule has 0 aliphatic carbocycles. The maximum atomic E-state index is 4.57. The second-order valence-electron chi connectivity index (χ2n) is 4.14. The first-order chi connectivity index (χ1) is 9.35. The minimum Gasteiger partial charge on any atom is -0.272 e. The van der Waals surface area contributed by atoms with Gasteiger partial charge in [-0.05, 0) is 24.4 Å². The molecule has 0 fully saturated rings. The fraction of sp³-hybridized carbons (Fsp3) is 0.167. The molecular formula is C12H10N6S. The minimum absolute atomic E-state index is 0.632. The summed E-state index contributed by atoms with van der Waals surface area (Å²) in [6, 6.07) is 3.95. The van der Waals surface area contributed by atoms with E-state index in [1.165, 1.54) is 0 Å². The molecule has 0 aliphatic heterocycles. The molecule has 0 aromatic carbocycles. The molecule has 0 radical (unpaired) electrons. The van der Waals surface area contributed by atoms with Crippen LogP contribution in [0.15, 0.2) is 30.0 Å². The number of aromatic nitrogens is 6. The zero-order valence-corrected chi connectivity index (χ0v) is 11.0. The van der Waals surface area contributed by atoms with Gasteiger partial charge >= 0.3 is 0 Å². The van der Waals surface area contributed by atoms with Crippen LogP contribution < -0.4 is 0 Å². The molecular weight excluding hydrogens is 260 g/mol. The Balaban J connectivity index is 1.95. The molecule has 0 amide bonds. The highest BCUT2D eigenvalue weighted by atomic mass is 32.1. The Labute approximate surface area is 112 Å². The molecule has 0 saturated heterocycles. The Hall–Kier alpha value is -2.28. The largest absolute Gasteiger partial charge is 0.272 e. The van der Waals surface area contributed by atoms with Gasteiger partial charge in [0.05, 0.1) is 5.39 Å². The van der Waals surface area contributed by atoms with Gasteiger partial charge in [0.15, 0.2) is 5.65 Å². The lowest BCUT2D eigenvalue weighted by atomic mass is 10.4. The van der Waals surface area contributed by atoms with Gasteiger partial charge in [-0.3, -0.25) is 4.68 Å². The number of hydrogen-bond donors (Lipinski definition) is 0. The van der Waals surface area contributed by atoms with Gasteiger partial charge in [-0.25, -0.2) is 14.5 Å². The van der Waals surface area contributed by atoms with Crippen molar-refractivity contribution in [2.45, 2.75) is 13.5 Å². The monoisotopic (exact) mass is 270 g/mol. The van der Waals surface area contributed by atoms with Crippen LogP contribution in [0.25, 0.3) is 27.4 Å². The molecule has 0 aliphatic rings. The van der Waals surface area contributed by atoms with E-state index in [2.05, 4.69) is 20.2 Å². The smallest absolute Gasteiger partial charge is 0.202 e. The number of hydrogen-bond acceptors (Lipinski definition) is 5. The molecule has 7 heteroatoms. The molecule has 0 N–H and O–H groups in total. The van der Waals surface area contributed by atoms with Crippen molar-refractivity contribution in [1.82, 2.24) is 29.4 Å². The highest BCUT2D eigenvalue weighted by Crippen LogP contribution is 2.23. The number of nitrogens with zero attached hydrogens (tertiary/aromatic N) is 6. The summed E-state index contributed by atoms with van der Waals surface area (Å²) >= 11 is 1.60. The Kier molecular flexibility index (Phi) is 2.16. The van der Waals surface area contributed by atoms with Crippen LogP contribution in [-0.4, -0.2) is 29.4 Å². The molecule has 0 unspecified atom stereocenters. The maximum Gasteiger partial charge on any atom is 0.202 e. The standard InChI is InChI=1S/C12H10N6S/c1-2-17-5-3-9(15-17)10-14-11-8-4-6-19-12(8)13-7-18(11)16-10/h3-7H,2H2,1H3. The third kappa shape index (κ3) is 1.55. The quantitative estimate of drug-likeness (QED) is 0.560. The van der Waals surface area contributed by atoms with E-state index in [9.17, 15) is 0 Å². The molecule has 0 atom stereocenters.